The van der Waals surface area contributed by atoms with Gasteiger partial charge in [0, 0.05) is 26.7 Å². The smallest absolute Gasteiger partial charge is 0.407 e. The molecule has 1 heterocycles. The van der Waals surface area contributed by atoms with Crippen LogP contribution in [0, 0.1) is 0 Å². The molecule has 0 aliphatic carbocycles. The van der Waals surface area contributed by atoms with E-state index < -0.39 is 5.60 Å². The second-order valence-corrected chi connectivity index (χ2v) is 7.64. The lowest BCUT2D eigenvalue weighted by Crippen LogP contribution is -2.44. The highest BCUT2D eigenvalue weighted by atomic mass is 127. The third kappa shape index (κ3) is 8.81. The third-order valence-electron chi connectivity index (χ3n) is 4.19. The molecule has 1 saturated heterocycles. The second-order valence-electron chi connectivity index (χ2n) is 7.64. The zero-order valence-corrected chi connectivity index (χ0v) is 19.2. The van der Waals surface area contributed by atoms with Crippen molar-refractivity contribution >= 4 is 36.0 Å². The van der Waals surface area contributed by atoms with Gasteiger partial charge in [-0.3, -0.25) is 4.99 Å². The fourth-order valence-corrected chi connectivity index (χ4v) is 3.01. The van der Waals surface area contributed by atoms with Crippen LogP contribution in [0.3, 0.4) is 0 Å². The lowest BCUT2D eigenvalue weighted by atomic mass is 10.1. The Balaban J connectivity index is 0.00000364. The molecular weight excluding hydrogens is 455 g/mol. The molecule has 1 aliphatic heterocycles. The number of rotatable bonds is 5. The molecule has 1 fully saturated rings. The van der Waals surface area contributed by atoms with Crippen molar-refractivity contribution in [3.05, 3.63) is 35.9 Å². The number of alkyl carbamates (subject to hydrolysis) is 1. The van der Waals surface area contributed by atoms with Crippen LogP contribution in [0.2, 0.25) is 0 Å². The highest BCUT2D eigenvalue weighted by Crippen LogP contribution is 2.12. The van der Waals surface area contributed by atoms with Gasteiger partial charge in [0.2, 0.25) is 0 Å². The Morgan fingerprint density at radius 3 is 2.63 bits per heavy atom. The molecule has 1 aromatic carbocycles. The topological polar surface area (TPSA) is 66.0 Å². The van der Waals surface area contributed by atoms with Crippen LogP contribution < -0.4 is 10.6 Å². The minimum absolute atomic E-state index is 0. The molecular formula is C20H33IN4O2. The van der Waals surface area contributed by atoms with Gasteiger partial charge < -0.3 is 20.3 Å². The van der Waals surface area contributed by atoms with Crippen LogP contribution in [0.1, 0.15) is 39.2 Å². The van der Waals surface area contributed by atoms with Crippen LogP contribution in [0.15, 0.2) is 35.3 Å². The summed E-state index contributed by atoms with van der Waals surface area (Å²) in [6, 6.07) is 10.6. The van der Waals surface area contributed by atoms with E-state index in [-0.39, 0.29) is 36.1 Å². The molecule has 27 heavy (non-hydrogen) atoms. The van der Waals surface area contributed by atoms with E-state index in [1.54, 1.807) is 7.05 Å². The van der Waals surface area contributed by atoms with E-state index in [2.05, 4.69) is 44.8 Å². The summed E-state index contributed by atoms with van der Waals surface area (Å²) >= 11 is 0. The molecule has 0 radical (unpaired) electrons. The number of halogens is 1. The minimum atomic E-state index is -0.473. The van der Waals surface area contributed by atoms with Gasteiger partial charge >= 0.3 is 6.09 Å². The molecule has 0 saturated carbocycles. The molecule has 7 heteroatoms. The van der Waals surface area contributed by atoms with Gasteiger partial charge in [-0.05, 0) is 45.6 Å². The van der Waals surface area contributed by atoms with Crippen LogP contribution in [0.5, 0.6) is 0 Å². The number of carbonyl (C=O) groups is 1. The predicted molar refractivity (Wildman–Crippen MR) is 121 cm³/mol. The van der Waals surface area contributed by atoms with Crippen LogP contribution >= 0.6 is 24.0 Å². The summed E-state index contributed by atoms with van der Waals surface area (Å²) in [5.74, 6) is 0.895. The van der Waals surface area contributed by atoms with Gasteiger partial charge in [0.15, 0.2) is 5.96 Å². The molecule has 1 atom stereocenters. The minimum Gasteiger partial charge on any atom is -0.444 e. The zero-order valence-electron chi connectivity index (χ0n) is 16.8. The summed E-state index contributed by atoms with van der Waals surface area (Å²) in [6.07, 6.45) is 2.64. The fourth-order valence-electron chi connectivity index (χ4n) is 3.01. The summed E-state index contributed by atoms with van der Waals surface area (Å²) in [7, 11) is 1.80. The maximum absolute atomic E-state index is 11.9. The standard InChI is InChI=1S/C20H32N4O2.HI/c1-20(2,3)26-19(25)23-17-12-14-24(15-17)18(21-4)22-13-8-11-16-9-6-5-7-10-16;/h5-7,9-10,17H,8,11-15H2,1-4H3,(H,21,22)(H,23,25);1H. The number of carbonyl (C=O) groups excluding carboxylic acids is 1. The van der Waals surface area contributed by atoms with Gasteiger partial charge in [-0.15, -0.1) is 24.0 Å². The number of hydrogen-bond donors (Lipinski definition) is 2. The first kappa shape index (κ1) is 23.5. The molecule has 2 rings (SSSR count). The number of ether oxygens (including phenoxy) is 1. The van der Waals surface area contributed by atoms with Crippen LogP contribution in [0.4, 0.5) is 4.79 Å². The number of aliphatic imine (C=N–C) groups is 1. The number of nitrogens with one attached hydrogen (secondary N) is 2. The molecule has 0 aromatic heterocycles. The summed E-state index contributed by atoms with van der Waals surface area (Å²) in [4.78, 5) is 18.5. The van der Waals surface area contributed by atoms with E-state index >= 15 is 0 Å². The zero-order chi connectivity index (χ0) is 19.0. The van der Waals surface area contributed by atoms with E-state index in [9.17, 15) is 4.79 Å². The van der Waals surface area contributed by atoms with Crippen molar-refractivity contribution in [3.63, 3.8) is 0 Å². The number of hydrogen-bond acceptors (Lipinski definition) is 3. The first-order valence-corrected chi connectivity index (χ1v) is 9.36. The van der Waals surface area contributed by atoms with Crippen molar-refractivity contribution < 1.29 is 9.53 Å². The van der Waals surface area contributed by atoms with Gasteiger partial charge in [0.1, 0.15) is 5.60 Å². The lowest BCUT2D eigenvalue weighted by molar-refractivity contribution is 0.0507. The van der Waals surface area contributed by atoms with Gasteiger partial charge in [-0.1, -0.05) is 30.3 Å². The molecule has 152 valence electrons. The van der Waals surface area contributed by atoms with Crippen LogP contribution in [0.25, 0.3) is 0 Å². The van der Waals surface area contributed by atoms with Crippen molar-refractivity contribution in [2.24, 2.45) is 4.99 Å². The quantitative estimate of drug-likeness (QED) is 0.289. The normalized spacial score (nSPS) is 17.3. The summed E-state index contributed by atoms with van der Waals surface area (Å²) in [5.41, 5.74) is 0.880. The fraction of sp³-hybridized carbons (Fsp3) is 0.600. The van der Waals surface area contributed by atoms with E-state index in [0.29, 0.717) is 0 Å². The number of benzene rings is 1. The number of amides is 1. The van der Waals surface area contributed by atoms with E-state index in [1.807, 2.05) is 26.8 Å². The number of nitrogens with zero attached hydrogens (tertiary/aromatic N) is 2. The molecule has 1 aliphatic rings. The molecule has 0 spiro atoms. The molecule has 2 N–H and O–H groups in total. The predicted octanol–water partition coefficient (Wildman–Crippen LogP) is 3.41. The molecule has 1 amide bonds. The summed E-state index contributed by atoms with van der Waals surface area (Å²) < 4.78 is 5.33. The molecule has 1 aromatic rings. The largest absolute Gasteiger partial charge is 0.444 e. The third-order valence-corrected chi connectivity index (χ3v) is 4.19. The first-order chi connectivity index (χ1) is 12.4. The van der Waals surface area contributed by atoms with E-state index in [1.165, 1.54) is 5.56 Å². The highest BCUT2D eigenvalue weighted by molar-refractivity contribution is 14.0. The van der Waals surface area contributed by atoms with Crippen molar-refractivity contribution in [3.8, 4) is 0 Å². The Morgan fingerprint density at radius 1 is 1.30 bits per heavy atom. The number of likely N-dealkylation sites (tertiary alicyclic amines) is 1. The van der Waals surface area contributed by atoms with Crippen LogP contribution in [-0.2, 0) is 11.2 Å². The number of aryl methyl sites for hydroxylation is 1. The van der Waals surface area contributed by atoms with E-state index in [4.69, 9.17) is 4.74 Å². The summed E-state index contributed by atoms with van der Waals surface area (Å²) in [5, 5.41) is 6.37. The molecule has 0 bridgehead atoms. The molecule has 6 nitrogen and oxygen atoms in total. The maximum atomic E-state index is 11.9. The lowest BCUT2D eigenvalue weighted by Gasteiger charge is -2.23. The Bertz CT molecular complexity index is 602. The van der Waals surface area contributed by atoms with Crippen molar-refractivity contribution in [2.45, 2.75) is 51.7 Å². The van der Waals surface area contributed by atoms with Gasteiger partial charge in [-0.25, -0.2) is 4.79 Å². The Kier molecular flexibility index (Phi) is 9.90. The summed E-state index contributed by atoms with van der Waals surface area (Å²) in [6.45, 7) is 8.11. The van der Waals surface area contributed by atoms with E-state index in [0.717, 1.165) is 44.9 Å². The van der Waals surface area contributed by atoms with Crippen LogP contribution in [-0.4, -0.2) is 55.3 Å². The molecule has 1 unspecified atom stereocenters. The number of guanidine groups is 1. The average Bonchev–Trinajstić information content (AvgIpc) is 3.02. The average molecular weight is 488 g/mol. The van der Waals surface area contributed by atoms with Crippen molar-refractivity contribution in [2.75, 3.05) is 26.7 Å². The van der Waals surface area contributed by atoms with Gasteiger partial charge in [0.25, 0.3) is 0 Å². The second kappa shape index (κ2) is 11.4. The van der Waals surface area contributed by atoms with Gasteiger partial charge in [-0.2, -0.15) is 0 Å². The van der Waals surface area contributed by atoms with Crippen molar-refractivity contribution in [1.82, 2.24) is 15.5 Å². The Labute approximate surface area is 180 Å². The monoisotopic (exact) mass is 488 g/mol. The maximum Gasteiger partial charge on any atom is 0.407 e. The first-order valence-electron chi connectivity index (χ1n) is 9.36. The highest BCUT2D eigenvalue weighted by Gasteiger charge is 2.27. The SMILES string of the molecule is CN=C(NCCCc1ccccc1)N1CCC(NC(=O)OC(C)(C)C)C1.I. The Morgan fingerprint density at radius 2 is 2.00 bits per heavy atom. The van der Waals surface area contributed by atoms with Crippen molar-refractivity contribution in [1.29, 1.82) is 0 Å². The Hall–Kier alpha value is -1.51. The van der Waals surface area contributed by atoms with Gasteiger partial charge in [0.05, 0.1) is 6.04 Å².